The van der Waals surface area contributed by atoms with E-state index in [0.29, 0.717) is 22.8 Å². The lowest BCUT2D eigenvalue weighted by atomic mass is 10.1. The van der Waals surface area contributed by atoms with Crippen molar-refractivity contribution in [2.45, 2.75) is 13.8 Å². The van der Waals surface area contributed by atoms with Crippen molar-refractivity contribution in [3.05, 3.63) is 89.4 Å². The fourth-order valence-electron chi connectivity index (χ4n) is 2.72. The Morgan fingerprint density at radius 2 is 1.84 bits per heavy atom. The number of benzene rings is 2. The van der Waals surface area contributed by atoms with E-state index in [-0.39, 0.29) is 12.5 Å². The topological polar surface area (TPSA) is 90.1 Å². The molecule has 0 saturated carbocycles. The molecule has 0 spiro atoms. The van der Waals surface area contributed by atoms with E-state index < -0.39 is 5.97 Å². The number of nitrogens with zero attached hydrogens (tertiary/aromatic N) is 1. The molecule has 158 valence electrons. The molecule has 0 unspecified atom stereocenters. The van der Waals surface area contributed by atoms with Crippen molar-refractivity contribution < 1.29 is 23.5 Å². The number of ether oxygens (including phenoxy) is 2. The number of esters is 1. The van der Waals surface area contributed by atoms with Crippen molar-refractivity contribution in [3.8, 4) is 11.5 Å². The highest BCUT2D eigenvalue weighted by atomic mass is 16.5. The molecule has 0 saturated heterocycles. The van der Waals surface area contributed by atoms with Gasteiger partial charge in [0, 0.05) is 6.08 Å². The van der Waals surface area contributed by atoms with Gasteiger partial charge in [-0.2, -0.15) is 5.10 Å². The molecule has 0 atom stereocenters. The van der Waals surface area contributed by atoms with Crippen molar-refractivity contribution in [1.82, 2.24) is 5.43 Å². The van der Waals surface area contributed by atoms with Crippen LogP contribution < -0.4 is 14.9 Å². The molecule has 1 amide bonds. The maximum atomic E-state index is 12.0. The number of para-hydroxylation sites is 1. The fourth-order valence-corrected chi connectivity index (χ4v) is 2.72. The minimum absolute atomic E-state index is 0.150. The van der Waals surface area contributed by atoms with Crippen LogP contribution in [0.2, 0.25) is 0 Å². The summed E-state index contributed by atoms with van der Waals surface area (Å²) in [5, 5.41) is 3.92. The normalized spacial score (nSPS) is 11.0. The third-order valence-corrected chi connectivity index (χ3v) is 4.16. The lowest BCUT2D eigenvalue weighted by Crippen LogP contribution is -2.25. The zero-order valence-electron chi connectivity index (χ0n) is 17.2. The lowest BCUT2D eigenvalue weighted by molar-refractivity contribution is -0.129. The summed E-state index contributed by atoms with van der Waals surface area (Å²) in [6.07, 6.45) is 5.76. The van der Waals surface area contributed by atoms with Gasteiger partial charge < -0.3 is 13.9 Å². The summed E-state index contributed by atoms with van der Waals surface area (Å²) in [5.41, 5.74) is 4.98. The number of rotatable bonds is 8. The summed E-state index contributed by atoms with van der Waals surface area (Å²) >= 11 is 0. The molecule has 0 radical (unpaired) electrons. The minimum atomic E-state index is -0.539. The molecule has 1 aromatic heterocycles. The van der Waals surface area contributed by atoms with E-state index in [0.717, 1.165) is 11.1 Å². The zero-order chi connectivity index (χ0) is 22.1. The Kier molecular flexibility index (Phi) is 7.37. The van der Waals surface area contributed by atoms with Crippen LogP contribution in [0.4, 0.5) is 0 Å². The molecule has 7 nitrogen and oxygen atoms in total. The summed E-state index contributed by atoms with van der Waals surface area (Å²) in [7, 11) is 0. The van der Waals surface area contributed by atoms with Crippen LogP contribution in [0.15, 0.2) is 76.5 Å². The molecule has 31 heavy (non-hydrogen) atoms. The average molecular weight is 418 g/mol. The van der Waals surface area contributed by atoms with E-state index in [1.54, 1.807) is 36.4 Å². The van der Waals surface area contributed by atoms with Gasteiger partial charge in [0.1, 0.15) is 17.3 Å². The molecule has 7 heteroatoms. The fraction of sp³-hybridized carbons (Fsp3) is 0.125. The van der Waals surface area contributed by atoms with Crippen molar-refractivity contribution in [2.24, 2.45) is 5.10 Å². The maximum absolute atomic E-state index is 12.0. The summed E-state index contributed by atoms with van der Waals surface area (Å²) in [4.78, 5) is 23.9. The summed E-state index contributed by atoms with van der Waals surface area (Å²) in [5.74, 6) is 0.669. The molecule has 0 fully saturated rings. The van der Waals surface area contributed by atoms with Crippen LogP contribution in [0.1, 0.15) is 22.5 Å². The predicted octanol–water partition coefficient (Wildman–Crippen LogP) is 4.04. The Labute approximate surface area is 180 Å². The van der Waals surface area contributed by atoms with Gasteiger partial charge in [-0.25, -0.2) is 10.2 Å². The smallest absolute Gasteiger partial charge is 0.336 e. The maximum Gasteiger partial charge on any atom is 0.336 e. The van der Waals surface area contributed by atoms with Crippen LogP contribution in [-0.4, -0.2) is 24.7 Å². The Morgan fingerprint density at radius 3 is 2.58 bits per heavy atom. The molecule has 3 rings (SSSR count). The van der Waals surface area contributed by atoms with Crippen LogP contribution in [0.5, 0.6) is 11.5 Å². The third kappa shape index (κ3) is 6.71. The molecule has 3 aromatic rings. The van der Waals surface area contributed by atoms with Gasteiger partial charge >= 0.3 is 5.97 Å². The highest BCUT2D eigenvalue weighted by molar-refractivity contribution is 5.89. The molecule has 0 aliphatic heterocycles. The van der Waals surface area contributed by atoms with Crippen molar-refractivity contribution in [1.29, 1.82) is 0 Å². The molecular formula is C24H22N2O5. The van der Waals surface area contributed by atoms with Crippen LogP contribution in [0.3, 0.4) is 0 Å². The van der Waals surface area contributed by atoms with Gasteiger partial charge in [-0.1, -0.05) is 30.3 Å². The quantitative estimate of drug-likeness (QED) is 0.196. The molecule has 0 aliphatic rings. The number of carbonyl (C=O) groups excluding carboxylic acids is 2. The molecular weight excluding hydrogens is 396 g/mol. The molecule has 0 aliphatic carbocycles. The van der Waals surface area contributed by atoms with Crippen molar-refractivity contribution in [2.75, 3.05) is 6.61 Å². The van der Waals surface area contributed by atoms with Crippen molar-refractivity contribution >= 4 is 24.2 Å². The number of hydrogen-bond acceptors (Lipinski definition) is 6. The Bertz CT molecular complexity index is 1080. The van der Waals surface area contributed by atoms with Crippen LogP contribution >= 0.6 is 0 Å². The molecule has 1 heterocycles. The standard InChI is InChI=1S/C24H22N2O5/c1-17-6-3-7-18(2)24(17)30-16-22(27)26-25-15-19-8-4-9-21(14-19)31-23(28)12-11-20-10-5-13-29-20/h3-15H,16H2,1-2H3,(H,26,27)/b12-11+,25-15-. The number of furan rings is 1. The first kappa shape index (κ1) is 21.6. The van der Waals surface area contributed by atoms with E-state index in [4.69, 9.17) is 13.9 Å². The summed E-state index contributed by atoms with van der Waals surface area (Å²) < 4.78 is 16.0. The summed E-state index contributed by atoms with van der Waals surface area (Å²) in [6, 6.07) is 16.0. The largest absolute Gasteiger partial charge is 0.483 e. The highest BCUT2D eigenvalue weighted by Gasteiger charge is 2.06. The van der Waals surface area contributed by atoms with E-state index in [2.05, 4.69) is 10.5 Å². The number of nitrogens with one attached hydrogen (secondary N) is 1. The van der Waals surface area contributed by atoms with Gasteiger partial charge in [0.2, 0.25) is 0 Å². The second-order valence-electron chi connectivity index (χ2n) is 6.65. The van der Waals surface area contributed by atoms with Crippen LogP contribution in [0.25, 0.3) is 6.08 Å². The highest BCUT2D eigenvalue weighted by Crippen LogP contribution is 2.22. The van der Waals surface area contributed by atoms with Crippen LogP contribution in [0, 0.1) is 13.8 Å². The lowest BCUT2D eigenvalue weighted by Gasteiger charge is -2.10. The first-order valence-corrected chi connectivity index (χ1v) is 9.55. The van der Waals surface area contributed by atoms with Gasteiger partial charge in [0.15, 0.2) is 6.61 Å². The second-order valence-corrected chi connectivity index (χ2v) is 6.65. The molecule has 2 aromatic carbocycles. The SMILES string of the molecule is Cc1cccc(C)c1OCC(=O)N/N=C\c1cccc(OC(=O)/C=C/c2ccco2)c1. The van der Waals surface area contributed by atoms with E-state index in [9.17, 15) is 9.59 Å². The Morgan fingerprint density at radius 1 is 1.06 bits per heavy atom. The van der Waals surface area contributed by atoms with E-state index >= 15 is 0 Å². The number of aryl methyl sites for hydroxylation is 2. The van der Waals surface area contributed by atoms with Crippen LogP contribution in [-0.2, 0) is 9.59 Å². The second kappa shape index (κ2) is 10.6. The number of hydrogen-bond donors (Lipinski definition) is 1. The number of amides is 1. The summed E-state index contributed by atoms with van der Waals surface area (Å²) in [6.45, 7) is 3.69. The number of carbonyl (C=O) groups is 2. The van der Waals surface area contributed by atoms with Gasteiger partial charge in [-0.05, 0) is 60.9 Å². The average Bonchev–Trinajstić information content (AvgIpc) is 3.26. The van der Waals surface area contributed by atoms with Gasteiger partial charge in [-0.3, -0.25) is 4.79 Å². The van der Waals surface area contributed by atoms with Gasteiger partial charge in [-0.15, -0.1) is 0 Å². The zero-order valence-corrected chi connectivity index (χ0v) is 17.2. The first-order chi connectivity index (χ1) is 15.0. The third-order valence-electron chi connectivity index (χ3n) is 4.16. The van der Waals surface area contributed by atoms with Gasteiger partial charge in [0.05, 0.1) is 12.5 Å². The molecule has 0 bridgehead atoms. The van der Waals surface area contributed by atoms with E-state index in [1.165, 1.54) is 24.6 Å². The Hall–Kier alpha value is -4.13. The number of hydrazone groups is 1. The minimum Gasteiger partial charge on any atom is -0.483 e. The Balaban J connectivity index is 1.49. The first-order valence-electron chi connectivity index (χ1n) is 9.55. The predicted molar refractivity (Wildman–Crippen MR) is 117 cm³/mol. The monoisotopic (exact) mass is 418 g/mol. The van der Waals surface area contributed by atoms with Gasteiger partial charge in [0.25, 0.3) is 5.91 Å². The van der Waals surface area contributed by atoms with Crippen molar-refractivity contribution in [3.63, 3.8) is 0 Å². The van der Waals surface area contributed by atoms with E-state index in [1.807, 2.05) is 32.0 Å². The molecule has 1 N–H and O–H groups in total.